The van der Waals surface area contributed by atoms with E-state index in [4.69, 9.17) is 9.84 Å². The second kappa shape index (κ2) is 16.1. The Morgan fingerprint density at radius 2 is 1.28 bits per heavy atom. The van der Waals surface area contributed by atoms with E-state index < -0.39 is 11.9 Å². The molecule has 0 fully saturated rings. The number of hydrogen-bond donors (Lipinski definition) is 2. The number of benzene rings is 3. The third-order valence-electron chi connectivity index (χ3n) is 7.80. The highest BCUT2D eigenvalue weighted by Gasteiger charge is 2.23. The van der Waals surface area contributed by atoms with Crippen LogP contribution in [0.25, 0.3) is 0 Å². The van der Waals surface area contributed by atoms with Gasteiger partial charge in [0.1, 0.15) is 0 Å². The molecule has 0 aliphatic heterocycles. The van der Waals surface area contributed by atoms with Crippen molar-refractivity contribution in [2.24, 2.45) is 11.8 Å². The number of aryl methyl sites for hydroxylation is 1. The SMILES string of the molecule is CCOC(=O)c1cn(CCCC(=O)O)cc1C(=O)c1ccc(NC(c2ccc(CC(C)C)cc2)c2ccc(CC(C)C)cc2)cc1. The summed E-state index contributed by atoms with van der Waals surface area (Å²) in [4.78, 5) is 37.3. The molecule has 0 amide bonds. The number of ketones is 1. The molecule has 3 aromatic carbocycles. The van der Waals surface area contributed by atoms with Crippen LogP contribution in [0, 0.1) is 11.8 Å². The van der Waals surface area contributed by atoms with Crippen molar-refractivity contribution in [3.8, 4) is 0 Å². The summed E-state index contributed by atoms with van der Waals surface area (Å²) < 4.78 is 6.88. The molecule has 242 valence electrons. The number of carboxylic acid groups (broad SMARTS) is 1. The number of ether oxygens (including phenoxy) is 1. The number of rotatable bonds is 16. The Labute approximate surface area is 272 Å². The zero-order valence-corrected chi connectivity index (χ0v) is 27.6. The fourth-order valence-electron chi connectivity index (χ4n) is 5.64. The molecule has 0 atom stereocenters. The zero-order valence-electron chi connectivity index (χ0n) is 27.6. The van der Waals surface area contributed by atoms with E-state index in [1.807, 2.05) is 12.1 Å². The highest BCUT2D eigenvalue weighted by molar-refractivity contribution is 6.14. The number of aromatic nitrogens is 1. The number of esters is 1. The maximum absolute atomic E-state index is 13.6. The summed E-state index contributed by atoms with van der Waals surface area (Å²) in [6.07, 6.45) is 5.60. The zero-order chi connectivity index (χ0) is 33.2. The lowest BCUT2D eigenvalue weighted by molar-refractivity contribution is -0.137. The number of hydrogen-bond acceptors (Lipinski definition) is 5. The molecule has 7 nitrogen and oxygen atoms in total. The fourth-order valence-corrected chi connectivity index (χ4v) is 5.64. The molecule has 46 heavy (non-hydrogen) atoms. The largest absolute Gasteiger partial charge is 0.481 e. The average molecular weight is 623 g/mol. The quantitative estimate of drug-likeness (QED) is 0.0963. The number of nitrogens with zero attached hydrogens (tertiary/aromatic N) is 1. The first kappa shape index (κ1) is 34.2. The van der Waals surface area contributed by atoms with Gasteiger partial charge in [0.2, 0.25) is 0 Å². The fraction of sp³-hybridized carbons (Fsp3) is 0.359. The van der Waals surface area contributed by atoms with Crippen molar-refractivity contribution in [3.63, 3.8) is 0 Å². The lowest BCUT2D eigenvalue weighted by Crippen LogP contribution is -2.13. The minimum Gasteiger partial charge on any atom is -0.481 e. The van der Waals surface area contributed by atoms with Gasteiger partial charge in [0.05, 0.1) is 23.8 Å². The Morgan fingerprint density at radius 3 is 1.76 bits per heavy atom. The van der Waals surface area contributed by atoms with E-state index in [0.717, 1.165) is 29.7 Å². The minimum absolute atomic E-state index is 0.00413. The number of carbonyl (C=O) groups is 3. The number of carboxylic acids is 1. The Hall–Kier alpha value is -4.65. The molecule has 7 heteroatoms. The molecule has 0 spiro atoms. The Morgan fingerprint density at radius 1 is 0.761 bits per heavy atom. The number of aliphatic carboxylic acids is 1. The van der Waals surface area contributed by atoms with Gasteiger partial charge >= 0.3 is 11.9 Å². The van der Waals surface area contributed by atoms with Crippen molar-refractivity contribution in [2.75, 3.05) is 11.9 Å². The summed E-state index contributed by atoms with van der Waals surface area (Å²) in [6.45, 7) is 11.2. The molecule has 0 aliphatic carbocycles. The minimum atomic E-state index is -0.892. The topological polar surface area (TPSA) is 97.6 Å². The van der Waals surface area contributed by atoms with Crippen LogP contribution in [0.1, 0.15) is 102 Å². The smallest absolute Gasteiger partial charge is 0.340 e. The normalized spacial score (nSPS) is 11.3. The molecule has 0 bridgehead atoms. The Bertz CT molecular complexity index is 1550. The standard InChI is InChI=1S/C39H46N2O5/c1-6-46-39(45)35-25-41(21-7-8-36(42)43)24-34(35)38(44)32-17-19-33(20-18-32)40-37(30-13-9-28(10-14-30)22-26(2)3)31-15-11-29(12-16-31)23-27(4)5/h9-20,24-27,37,40H,6-8,21-23H2,1-5H3,(H,42,43). The van der Waals surface area contributed by atoms with E-state index in [2.05, 4.69) is 81.5 Å². The van der Waals surface area contributed by atoms with Crippen LogP contribution in [0.15, 0.2) is 85.2 Å². The average Bonchev–Trinajstić information content (AvgIpc) is 3.44. The van der Waals surface area contributed by atoms with Gasteiger partial charge in [-0.1, -0.05) is 76.2 Å². The molecule has 0 unspecified atom stereocenters. The first-order valence-corrected chi connectivity index (χ1v) is 16.2. The van der Waals surface area contributed by atoms with Crippen molar-refractivity contribution < 1.29 is 24.2 Å². The van der Waals surface area contributed by atoms with Crippen LogP contribution in [0.2, 0.25) is 0 Å². The van der Waals surface area contributed by atoms with Crippen molar-refractivity contribution in [2.45, 2.75) is 72.9 Å². The number of anilines is 1. The summed E-state index contributed by atoms with van der Waals surface area (Å²) in [7, 11) is 0. The molecule has 0 saturated heterocycles. The van der Waals surface area contributed by atoms with Crippen LogP contribution in [0.4, 0.5) is 5.69 Å². The summed E-state index contributed by atoms with van der Waals surface area (Å²) in [5, 5.41) is 12.7. The third kappa shape index (κ3) is 9.43. The van der Waals surface area contributed by atoms with E-state index in [9.17, 15) is 14.4 Å². The lowest BCUT2D eigenvalue weighted by atomic mass is 9.93. The second-order valence-corrected chi connectivity index (χ2v) is 12.7. The highest BCUT2D eigenvalue weighted by atomic mass is 16.5. The summed E-state index contributed by atoms with van der Waals surface area (Å²) in [6, 6.07) is 24.7. The number of nitrogens with one attached hydrogen (secondary N) is 1. The van der Waals surface area contributed by atoms with E-state index in [1.165, 1.54) is 11.1 Å². The van der Waals surface area contributed by atoms with Crippen LogP contribution in [0.3, 0.4) is 0 Å². The van der Waals surface area contributed by atoms with Crippen molar-refractivity contribution in [3.05, 3.63) is 124 Å². The first-order chi connectivity index (χ1) is 22.0. The molecule has 0 radical (unpaired) electrons. The summed E-state index contributed by atoms with van der Waals surface area (Å²) >= 11 is 0. The third-order valence-corrected chi connectivity index (χ3v) is 7.80. The Kier molecular flexibility index (Phi) is 12.0. The summed E-state index contributed by atoms with van der Waals surface area (Å²) in [5.74, 6) is -0.611. The van der Waals surface area contributed by atoms with Crippen LogP contribution in [0.5, 0.6) is 0 Å². The molecular formula is C39H46N2O5. The van der Waals surface area contributed by atoms with Crippen molar-refractivity contribution in [1.82, 2.24) is 4.57 Å². The van der Waals surface area contributed by atoms with Crippen LogP contribution >= 0.6 is 0 Å². The van der Waals surface area contributed by atoms with Gasteiger partial charge in [-0.2, -0.15) is 0 Å². The van der Waals surface area contributed by atoms with E-state index >= 15 is 0 Å². The van der Waals surface area contributed by atoms with Crippen LogP contribution < -0.4 is 5.32 Å². The Balaban J connectivity index is 1.59. The van der Waals surface area contributed by atoms with Gasteiger partial charge in [-0.05, 0) is 84.5 Å². The van der Waals surface area contributed by atoms with Crippen molar-refractivity contribution in [1.29, 1.82) is 0 Å². The van der Waals surface area contributed by atoms with Crippen molar-refractivity contribution >= 4 is 23.4 Å². The van der Waals surface area contributed by atoms with Crippen LogP contribution in [-0.2, 0) is 28.9 Å². The molecule has 1 heterocycles. The van der Waals surface area contributed by atoms with Gasteiger partial charge in [0, 0.05) is 36.6 Å². The predicted octanol–water partition coefficient (Wildman–Crippen LogP) is 8.36. The van der Waals surface area contributed by atoms with Crippen LogP contribution in [-0.4, -0.2) is 34.0 Å². The van der Waals surface area contributed by atoms with Gasteiger partial charge in [0.25, 0.3) is 0 Å². The predicted molar refractivity (Wildman–Crippen MR) is 183 cm³/mol. The molecule has 0 saturated carbocycles. The van der Waals surface area contributed by atoms with Gasteiger partial charge in [0.15, 0.2) is 5.78 Å². The second-order valence-electron chi connectivity index (χ2n) is 12.7. The highest BCUT2D eigenvalue weighted by Crippen LogP contribution is 2.29. The molecule has 4 aromatic rings. The molecule has 4 rings (SSSR count). The molecule has 2 N–H and O–H groups in total. The first-order valence-electron chi connectivity index (χ1n) is 16.2. The monoisotopic (exact) mass is 622 g/mol. The maximum atomic E-state index is 13.6. The lowest BCUT2D eigenvalue weighted by Gasteiger charge is -2.22. The van der Waals surface area contributed by atoms with E-state index in [1.54, 1.807) is 36.0 Å². The van der Waals surface area contributed by atoms with Gasteiger partial charge < -0.3 is 19.7 Å². The number of carbonyl (C=O) groups excluding carboxylic acids is 2. The van der Waals surface area contributed by atoms with Gasteiger partial charge in [-0.15, -0.1) is 0 Å². The molecular weight excluding hydrogens is 576 g/mol. The van der Waals surface area contributed by atoms with E-state index in [0.29, 0.717) is 30.4 Å². The van der Waals surface area contributed by atoms with E-state index in [-0.39, 0.29) is 36.0 Å². The molecule has 1 aromatic heterocycles. The van der Waals surface area contributed by atoms with Gasteiger partial charge in [-0.25, -0.2) is 4.79 Å². The van der Waals surface area contributed by atoms with Gasteiger partial charge in [-0.3, -0.25) is 9.59 Å². The maximum Gasteiger partial charge on any atom is 0.340 e. The molecule has 0 aliphatic rings. The summed E-state index contributed by atoms with van der Waals surface area (Å²) in [5.41, 5.74) is 6.61.